The second kappa shape index (κ2) is 5.17. The van der Waals surface area contributed by atoms with E-state index in [1.54, 1.807) is 22.9 Å². The molecule has 0 atom stereocenters. The highest BCUT2D eigenvalue weighted by Gasteiger charge is 2.25. The van der Waals surface area contributed by atoms with Crippen LogP contribution in [0.4, 0.5) is 11.4 Å². The Hall–Kier alpha value is -2.01. The Kier molecular flexibility index (Phi) is 3.36. The van der Waals surface area contributed by atoms with Gasteiger partial charge in [-0.05, 0) is 36.8 Å². The first-order valence-corrected chi connectivity index (χ1v) is 7.41. The molecule has 2 heterocycles. The normalized spacial score (nSPS) is 13.9. The number of anilines is 2. The lowest BCUT2D eigenvalue weighted by Gasteiger charge is -2.29. The van der Waals surface area contributed by atoms with Gasteiger partial charge in [0.1, 0.15) is 5.69 Å². The van der Waals surface area contributed by atoms with E-state index in [2.05, 4.69) is 4.98 Å². The largest absolute Gasteiger partial charge is 0.399 e. The highest BCUT2D eigenvalue weighted by atomic mass is 32.2. The maximum atomic E-state index is 12.7. The zero-order chi connectivity index (χ0) is 14.1. The fourth-order valence-electron chi connectivity index (χ4n) is 2.28. The number of rotatable bonds is 1. The lowest BCUT2D eigenvalue weighted by molar-refractivity contribution is 0.0982. The molecule has 4 nitrogen and oxygen atoms in total. The third-order valence-corrected chi connectivity index (χ3v) is 4.35. The average Bonchev–Trinajstić information content (AvgIpc) is 2.46. The minimum absolute atomic E-state index is 0.0600. The van der Waals surface area contributed by atoms with Crippen molar-refractivity contribution in [1.29, 1.82) is 0 Å². The number of hydrogen-bond acceptors (Lipinski definition) is 4. The van der Waals surface area contributed by atoms with Gasteiger partial charge in [-0.1, -0.05) is 6.07 Å². The number of benzene rings is 1. The van der Waals surface area contributed by atoms with Crippen molar-refractivity contribution in [2.24, 2.45) is 0 Å². The minimum atomic E-state index is -0.0600. The predicted octanol–water partition coefficient (Wildman–Crippen LogP) is 2.72. The molecule has 1 aromatic heterocycles. The van der Waals surface area contributed by atoms with Crippen LogP contribution in [0.2, 0.25) is 0 Å². The zero-order valence-corrected chi connectivity index (χ0v) is 12.0. The number of aryl methyl sites for hydroxylation is 1. The van der Waals surface area contributed by atoms with Crippen LogP contribution in [0.5, 0.6) is 0 Å². The average molecular weight is 285 g/mol. The van der Waals surface area contributed by atoms with Crippen molar-refractivity contribution >= 4 is 29.0 Å². The van der Waals surface area contributed by atoms with Crippen LogP contribution in [0.1, 0.15) is 16.1 Å². The number of carbonyl (C=O) groups is 1. The summed E-state index contributed by atoms with van der Waals surface area (Å²) in [6.45, 7) is 2.58. The first kappa shape index (κ1) is 13.0. The monoisotopic (exact) mass is 285 g/mol. The van der Waals surface area contributed by atoms with E-state index in [0.29, 0.717) is 17.9 Å². The number of nitrogens with zero attached hydrogens (tertiary/aromatic N) is 2. The number of hydrogen-bond donors (Lipinski definition) is 1. The first-order valence-electron chi connectivity index (χ1n) is 6.42. The van der Waals surface area contributed by atoms with Crippen LogP contribution >= 0.6 is 11.8 Å². The molecule has 3 rings (SSSR count). The third kappa shape index (κ3) is 2.25. The number of amides is 1. The van der Waals surface area contributed by atoms with Crippen molar-refractivity contribution in [3.8, 4) is 0 Å². The van der Waals surface area contributed by atoms with Gasteiger partial charge in [-0.3, -0.25) is 9.78 Å². The summed E-state index contributed by atoms with van der Waals surface area (Å²) >= 11 is 1.75. The molecule has 0 saturated carbocycles. The standard InChI is InChI=1S/C15H15N3OS/c1-10-3-2-6-17-14(10)15(19)18-7-8-20-13-5-4-11(16)9-12(13)18/h2-6,9H,7-8,16H2,1H3. The Morgan fingerprint density at radius 2 is 2.25 bits per heavy atom. The zero-order valence-electron chi connectivity index (χ0n) is 11.2. The van der Waals surface area contributed by atoms with Gasteiger partial charge in [-0.15, -0.1) is 11.8 Å². The van der Waals surface area contributed by atoms with Gasteiger partial charge < -0.3 is 10.6 Å². The Morgan fingerprint density at radius 1 is 1.40 bits per heavy atom. The number of fused-ring (bicyclic) bond motifs is 1. The fraction of sp³-hybridized carbons (Fsp3) is 0.200. The summed E-state index contributed by atoms with van der Waals surface area (Å²) < 4.78 is 0. The molecule has 1 aliphatic heterocycles. The molecule has 2 N–H and O–H groups in total. The molecule has 0 saturated heterocycles. The van der Waals surface area contributed by atoms with E-state index in [1.807, 2.05) is 37.3 Å². The summed E-state index contributed by atoms with van der Waals surface area (Å²) in [5, 5.41) is 0. The molecule has 1 aromatic carbocycles. The summed E-state index contributed by atoms with van der Waals surface area (Å²) in [4.78, 5) is 19.8. The third-order valence-electron chi connectivity index (χ3n) is 3.30. The van der Waals surface area contributed by atoms with E-state index in [0.717, 1.165) is 21.9 Å². The molecule has 1 amide bonds. The van der Waals surface area contributed by atoms with Gasteiger partial charge in [-0.2, -0.15) is 0 Å². The van der Waals surface area contributed by atoms with Gasteiger partial charge in [0, 0.05) is 29.1 Å². The van der Waals surface area contributed by atoms with Crippen molar-refractivity contribution in [2.45, 2.75) is 11.8 Å². The SMILES string of the molecule is Cc1cccnc1C(=O)N1CCSc2ccc(N)cc21. The predicted molar refractivity (Wildman–Crippen MR) is 82.2 cm³/mol. The molecule has 0 unspecified atom stereocenters. The van der Waals surface area contributed by atoms with E-state index in [-0.39, 0.29) is 5.91 Å². The van der Waals surface area contributed by atoms with Crippen LogP contribution in [0, 0.1) is 6.92 Å². The van der Waals surface area contributed by atoms with Gasteiger partial charge in [0.05, 0.1) is 5.69 Å². The maximum Gasteiger partial charge on any atom is 0.277 e. The van der Waals surface area contributed by atoms with Gasteiger partial charge in [0.25, 0.3) is 5.91 Å². The van der Waals surface area contributed by atoms with E-state index in [4.69, 9.17) is 5.73 Å². The summed E-state index contributed by atoms with van der Waals surface area (Å²) in [5.41, 5.74) is 8.80. The van der Waals surface area contributed by atoms with E-state index >= 15 is 0 Å². The summed E-state index contributed by atoms with van der Waals surface area (Å²) in [7, 11) is 0. The molecule has 0 bridgehead atoms. The van der Waals surface area contributed by atoms with Crippen molar-refractivity contribution in [1.82, 2.24) is 4.98 Å². The van der Waals surface area contributed by atoms with Gasteiger partial charge in [-0.25, -0.2) is 0 Å². The number of thioether (sulfide) groups is 1. The molecule has 1 aliphatic rings. The second-order valence-corrected chi connectivity index (χ2v) is 5.84. The molecule has 0 radical (unpaired) electrons. The van der Waals surface area contributed by atoms with Crippen LogP contribution in [-0.4, -0.2) is 23.2 Å². The van der Waals surface area contributed by atoms with Crippen LogP contribution in [0.25, 0.3) is 0 Å². The summed E-state index contributed by atoms with van der Waals surface area (Å²) in [6, 6.07) is 9.44. The molecule has 5 heteroatoms. The molecular formula is C15H15N3OS. The van der Waals surface area contributed by atoms with E-state index < -0.39 is 0 Å². The highest BCUT2D eigenvalue weighted by Crippen LogP contribution is 2.36. The number of nitrogens with two attached hydrogens (primary N) is 1. The Balaban J connectivity index is 2.03. The quantitative estimate of drug-likeness (QED) is 0.818. The maximum absolute atomic E-state index is 12.7. The molecule has 102 valence electrons. The van der Waals surface area contributed by atoms with Crippen molar-refractivity contribution in [3.05, 3.63) is 47.8 Å². The minimum Gasteiger partial charge on any atom is -0.399 e. The summed E-state index contributed by atoms with van der Waals surface area (Å²) in [5.74, 6) is 0.824. The van der Waals surface area contributed by atoms with Crippen molar-refractivity contribution in [2.75, 3.05) is 22.9 Å². The van der Waals surface area contributed by atoms with Crippen LogP contribution in [-0.2, 0) is 0 Å². The van der Waals surface area contributed by atoms with Crippen LogP contribution in [0.15, 0.2) is 41.4 Å². The fourth-order valence-corrected chi connectivity index (χ4v) is 3.26. The van der Waals surface area contributed by atoms with Crippen LogP contribution in [0.3, 0.4) is 0 Å². The number of aromatic nitrogens is 1. The molecule has 0 aliphatic carbocycles. The Labute approximate surface area is 122 Å². The molecular weight excluding hydrogens is 270 g/mol. The van der Waals surface area contributed by atoms with Gasteiger partial charge in [0.15, 0.2) is 0 Å². The second-order valence-electron chi connectivity index (χ2n) is 4.70. The van der Waals surface area contributed by atoms with Crippen LogP contribution < -0.4 is 10.6 Å². The van der Waals surface area contributed by atoms with E-state index in [1.165, 1.54) is 0 Å². The lowest BCUT2D eigenvalue weighted by Crippen LogP contribution is -2.36. The molecule has 0 spiro atoms. The summed E-state index contributed by atoms with van der Waals surface area (Å²) in [6.07, 6.45) is 1.65. The van der Waals surface area contributed by atoms with Gasteiger partial charge in [0.2, 0.25) is 0 Å². The lowest BCUT2D eigenvalue weighted by atomic mass is 10.1. The smallest absolute Gasteiger partial charge is 0.277 e. The van der Waals surface area contributed by atoms with Gasteiger partial charge >= 0.3 is 0 Å². The first-order chi connectivity index (χ1) is 9.66. The van der Waals surface area contributed by atoms with E-state index in [9.17, 15) is 4.79 Å². The molecule has 20 heavy (non-hydrogen) atoms. The Bertz CT molecular complexity index is 672. The number of carbonyl (C=O) groups excluding carboxylic acids is 1. The van der Waals surface area contributed by atoms with Crippen molar-refractivity contribution < 1.29 is 4.79 Å². The highest BCUT2D eigenvalue weighted by molar-refractivity contribution is 7.99. The topological polar surface area (TPSA) is 59.2 Å². The van der Waals surface area contributed by atoms with Crippen molar-refractivity contribution in [3.63, 3.8) is 0 Å². The molecule has 2 aromatic rings. The number of nitrogen functional groups attached to an aromatic ring is 1. The number of pyridine rings is 1. The Morgan fingerprint density at radius 3 is 3.05 bits per heavy atom. The molecule has 0 fully saturated rings.